The molecule has 1 saturated heterocycles. The van der Waals surface area contributed by atoms with Crippen molar-refractivity contribution in [2.75, 3.05) is 18.0 Å². The highest BCUT2D eigenvalue weighted by Crippen LogP contribution is 2.27. The number of nitrogens with zero attached hydrogens (tertiary/aromatic N) is 3. The summed E-state index contributed by atoms with van der Waals surface area (Å²) in [6.45, 7) is 7.70. The highest BCUT2D eigenvalue weighted by molar-refractivity contribution is 9.09. The van der Waals surface area contributed by atoms with E-state index in [0.717, 1.165) is 31.5 Å². The normalized spacial score (nSPS) is 20.1. The molecule has 2 heterocycles. The van der Waals surface area contributed by atoms with Crippen molar-refractivity contribution < 1.29 is 0 Å². The quantitative estimate of drug-likeness (QED) is 0.797. The number of alkyl halides is 1. The summed E-state index contributed by atoms with van der Waals surface area (Å²) in [4.78, 5) is 7.51. The summed E-state index contributed by atoms with van der Waals surface area (Å²) in [5.41, 5.74) is 0. The van der Waals surface area contributed by atoms with Crippen LogP contribution in [0.5, 0.6) is 0 Å². The number of hydrogen-bond donors (Lipinski definition) is 0. The van der Waals surface area contributed by atoms with Gasteiger partial charge in [0.15, 0.2) is 0 Å². The van der Waals surface area contributed by atoms with Gasteiger partial charge in [-0.2, -0.15) is 0 Å². The van der Waals surface area contributed by atoms with Gasteiger partial charge in [-0.15, -0.1) is 0 Å². The van der Waals surface area contributed by atoms with E-state index >= 15 is 0 Å². The Morgan fingerprint density at radius 2 is 2.19 bits per heavy atom. The molecule has 90 valence electrons. The van der Waals surface area contributed by atoms with Gasteiger partial charge < -0.3 is 9.47 Å². The third-order valence-corrected chi connectivity index (χ3v) is 4.25. The van der Waals surface area contributed by atoms with Gasteiger partial charge in [0, 0.05) is 36.9 Å². The van der Waals surface area contributed by atoms with Crippen molar-refractivity contribution in [3.05, 3.63) is 12.4 Å². The highest BCUT2D eigenvalue weighted by atomic mass is 79.9. The van der Waals surface area contributed by atoms with Crippen molar-refractivity contribution in [3.8, 4) is 0 Å². The third-order valence-electron chi connectivity index (χ3n) is 3.51. The molecule has 0 bridgehead atoms. The van der Waals surface area contributed by atoms with Gasteiger partial charge in [0.2, 0.25) is 5.95 Å². The first-order valence-electron chi connectivity index (χ1n) is 6.12. The number of halogens is 1. The van der Waals surface area contributed by atoms with Crippen molar-refractivity contribution in [1.29, 1.82) is 0 Å². The molecule has 1 aromatic heterocycles. The van der Waals surface area contributed by atoms with Crippen LogP contribution in [0.25, 0.3) is 0 Å². The van der Waals surface area contributed by atoms with Crippen molar-refractivity contribution in [2.45, 2.75) is 38.1 Å². The number of aryl methyl sites for hydroxylation is 1. The van der Waals surface area contributed by atoms with Crippen LogP contribution in [0.15, 0.2) is 12.4 Å². The molecular formula is C12H20BrN3. The second kappa shape index (κ2) is 5.21. The molecule has 1 unspecified atom stereocenters. The van der Waals surface area contributed by atoms with Crippen LogP contribution in [0.2, 0.25) is 0 Å². The molecule has 0 radical (unpaired) electrons. The SMILES string of the molecule is CCn1ccnc1N1CCC(C(C)Br)CC1. The second-order valence-electron chi connectivity index (χ2n) is 4.52. The Balaban J connectivity index is 1.99. The van der Waals surface area contributed by atoms with Gasteiger partial charge >= 0.3 is 0 Å². The molecular weight excluding hydrogens is 266 g/mol. The third kappa shape index (κ3) is 2.42. The van der Waals surface area contributed by atoms with Gasteiger partial charge in [-0.3, -0.25) is 0 Å². The zero-order valence-electron chi connectivity index (χ0n) is 10.1. The van der Waals surface area contributed by atoms with Crippen LogP contribution in [0.3, 0.4) is 0 Å². The molecule has 1 fully saturated rings. The first-order chi connectivity index (χ1) is 7.72. The Labute approximate surface area is 106 Å². The molecule has 16 heavy (non-hydrogen) atoms. The highest BCUT2D eigenvalue weighted by Gasteiger charge is 2.24. The summed E-state index contributed by atoms with van der Waals surface area (Å²) < 4.78 is 2.22. The monoisotopic (exact) mass is 285 g/mol. The lowest BCUT2D eigenvalue weighted by molar-refractivity contribution is 0.401. The summed E-state index contributed by atoms with van der Waals surface area (Å²) in [5.74, 6) is 1.96. The van der Waals surface area contributed by atoms with Crippen LogP contribution >= 0.6 is 15.9 Å². The van der Waals surface area contributed by atoms with Crippen LogP contribution in [0.4, 0.5) is 5.95 Å². The maximum atomic E-state index is 4.46. The van der Waals surface area contributed by atoms with Gasteiger partial charge in [-0.1, -0.05) is 22.9 Å². The van der Waals surface area contributed by atoms with Crippen LogP contribution in [0, 0.1) is 5.92 Å². The van der Waals surface area contributed by atoms with Crippen molar-refractivity contribution in [1.82, 2.24) is 9.55 Å². The number of aromatic nitrogens is 2. The van der Waals surface area contributed by atoms with E-state index in [1.807, 2.05) is 6.20 Å². The fourth-order valence-electron chi connectivity index (χ4n) is 2.39. The first kappa shape index (κ1) is 12.0. The number of piperidine rings is 1. The molecule has 0 N–H and O–H groups in total. The minimum absolute atomic E-state index is 0.639. The largest absolute Gasteiger partial charge is 0.342 e. The number of anilines is 1. The van der Waals surface area contributed by atoms with E-state index in [4.69, 9.17) is 0 Å². The zero-order chi connectivity index (χ0) is 11.5. The van der Waals surface area contributed by atoms with Gasteiger partial charge in [-0.05, 0) is 25.7 Å². The predicted molar refractivity (Wildman–Crippen MR) is 71.2 cm³/mol. The number of rotatable bonds is 3. The Morgan fingerprint density at radius 3 is 2.75 bits per heavy atom. The number of imidazole rings is 1. The van der Waals surface area contributed by atoms with Crippen LogP contribution < -0.4 is 4.90 Å². The standard InChI is InChI=1S/C12H20BrN3/c1-3-15-9-6-14-12(15)16-7-4-11(5-8-16)10(2)13/h6,9-11H,3-5,7-8H2,1-2H3. The van der Waals surface area contributed by atoms with Gasteiger partial charge in [0.1, 0.15) is 0 Å². The predicted octanol–water partition coefficient (Wildman–Crippen LogP) is 2.90. The summed E-state index contributed by atoms with van der Waals surface area (Å²) in [6, 6.07) is 0. The minimum Gasteiger partial charge on any atom is -0.342 e. The van der Waals surface area contributed by atoms with E-state index in [9.17, 15) is 0 Å². The Morgan fingerprint density at radius 1 is 1.50 bits per heavy atom. The summed E-state index contributed by atoms with van der Waals surface area (Å²) >= 11 is 3.69. The summed E-state index contributed by atoms with van der Waals surface area (Å²) in [6.07, 6.45) is 6.50. The maximum absolute atomic E-state index is 4.46. The van der Waals surface area contributed by atoms with E-state index in [-0.39, 0.29) is 0 Å². The molecule has 1 aliphatic rings. The average Bonchev–Trinajstić information content (AvgIpc) is 2.77. The second-order valence-corrected chi connectivity index (χ2v) is 5.96. The van der Waals surface area contributed by atoms with Gasteiger partial charge in [0.25, 0.3) is 0 Å². The molecule has 0 aromatic carbocycles. The molecule has 0 aliphatic carbocycles. The molecule has 3 nitrogen and oxygen atoms in total. The summed E-state index contributed by atoms with van der Waals surface area (Å²) in [5, 5.41) is 0. The minimum atomic E-state index is 0.639. The Hall–Kier alpha value is -0.510. The lowest BCUT2D eigenvalue weighted by Crippen LogP contribution is -2.37. The van der Waals surface area contributed by atoms with Crippen LogP contribution in [0.1, 0.15) is 26.7 Å². The number of hydrogen-bond acceptors (Lipinski definition) is 2. The van der Waals surface area contributed by atoms with Gasteiger partial charge in [-0.25, -0.2) is 4.98 Å². The molecule has 1 atom stereocenters. The Bertz CT molecular complexity index is 327. The molecule has 1 aliphatic heterocycles. The fraction of sp³-hybridized carbons (Fsp3) is 0.750. The maximum Gasteiger partial charge on any atom is 0.205 e. The van der Waals surface area contributed by atoms with Crippen LogP contribution in [-0.4, -0.2) is 27.5 Å². The fourth-order valence-corrected chi connectivity index (χ4v) is 2.92. The topological polar surface area (TPSA) is 21.1 Å². The molecule has 0 saturated carbocycles. The van der Waals surface area contributed by atoms with Crippen LogP contribution in [-0.2, 0) is 6.54 Å². The van der Waals surface area contributed by atoms with E-state index in [1.165, 1.54) is 12.8 Å². The lowest BCUT2D eigenvalue weighted by atomic mass is 9.94. The zero-order valence-corrected chi connectivity index (χ0v) is 11.7. The molecule has 1 aromatic rings. The molecule has 0 amide bonds. The smallest absolute Gasteiger partial charge is 0.205 e. The lowest BCUT2D eigenvalue weighted by Gasteiger charge is -2.34. The Kier molecular flexibility index (Phi) is 3.90. The molecule has 0 spiro atoms. The average molecular weight is 286 g/mol. The summed E-state index contributed by atoms with van der Waals surface area (Å²) in [7, 11) is 0. The van der Waals surface area contributed by atoms with E-state index in [0.29, 0.717) is 4.83 Å². The van der Waals surface area contributed by atoms with E-state index in [2.05, 4.69) is 50.4 Å². The van der Waals surface area contributed by atoms with Gasteiger partial charge in [0.05, 0.1) is 0 Å². The van der Waals surface area contributed by atoms with E-state index < -0.39 is 0 Å². The van der Waals surface area contributed by atoms with E-state index in [1.54, 1.807) is 0 Å². The van der Waals surface area contributed by atoms with Crippen molar-refractivity contribution >= 4 is 21.9 Å². The van der Waals surface area contributed by atoms with Crippen molar-refractivity contribution in [3.63, 3.8) is 0 Å². The molecule has 2 rings (SSSR count). The van der Waals surface area contributed by atoms with Crippen molar-refractivity contribution in [2.24, 2.45) is 5.92 Å². The molecule has 4 heteroatoms. The first-order valence-corrected chi connectivity index (χ1v) is 7.04.